The van der Waals surface area contributed by atoms with Crippen molar-refractivity contribution in [2.75, 3.05) is 12.4 Å². The SMILES string of the molecule is CNc1c(C)noc1C#CC1NC2=C(OC3=C(O2)C2(CC2)C3=O)O1. The summed E-state index contributed by atoms with van der Waals surface area (Å²) in [6.45, 7) is 1.82. The number of allylic oxidation sites excluding steroid dienone is 2. The smallest absolute Gasteiger partial charge is 0.351 e. The highest BCUT2D eigenvalue weighted by Crippen LogP contribution is 2.63. The Balaban J connectivity index is 1.32. The van der Waals surface area contributed by atoms with Crippen molar-refractivity contribution in [2.45, 2.75) is 26.0 Å². The maximum Gasteiger partial charge on any atom is 0.351 e. The lowest BCUT2D eigenvalue weighted by Gasteiger charge is -2.32. The molecule has 8 heteroatoms. The lowest BCUT2D eigenvalue weighted by atomic mass is 9.84. The first kappa shape index (κ1) is 13.4. The Morgan fingerprint density at radius 2 is 2.21 bits per heavy atom. The van der Waals surface area contributed by atoms with Crippen molar-refractivity contribution in [1.82, 2.24) is 10.5 Å². The van der Waals surface area contributed by atoms with Crippen molar-refractivity contribution in [2.24, 2.45) is 5.41 Å². The molecule has 2 aliphatic heterocycles. The average molecular weight is 327 g/mol. The highest BCUT2D eigenvalue weighted by Gasteiger charge is 2.67. The summed E-state index contributed by atoms with van der Waals surface area (Å²) in [6.07, 6.45) is 0.977. The van der Waals surface area contributed by atoms with E-state index in [0.717, 1.165) is 24.2 Å². The largest absolute Gasteiger partial charge is 0.434 e. The molecule has 1 aromatic rings. The van der Waals surface area contributed by atoms with E-state index in [0.29, 0.717) is 17.4 Å². The second-order valence-electron chi connectivity index (χ2n) is 6.02. The topological polar surface area (TPSA) is 94.9 Å². The van der Waals surface area contributed by atoms with Crippen LogP contribution in [0.5, 0.6) is 0 Å². The highest BCUT2D eigenvalue weighted by molar-refractivity contribution is 6.10. The van der Waals surface area contributed by atoms with Crippen LogP contribution in [0.25, 0.3) is 0 Å². The number of anilines is 1. The van der Waals surface area contributed by atoms with Crippen LogP contribution in [0.2, 0.25) is 0 Å². The van der Waals surface area contributed by atoms with Crippen LogP contribution in [0, 0.1) is 24.2 Å². The van der Waals surface area contributed by atoms with E-state index in [1.165, 1.54) is 0 Å². The minimum atomic E-state index is -0.658. The molecule has 8 nitrogen and oxygen atoms in total. The number of ether oxygens (including phenoxy) is 3. The Morgan fingerprint density at radius 3 is 2.96 bits per heavy atom. The van der Waals surface area contributed by atoms with Gasteiger partial charge in [-0.1, -0.05) is 5.16 Å². The molecule has 1 atom stereocenters. The third-order valence-electron chi connectivity index (χ3n) is 4.53. The first-order valence-electron chi connectivity index (χ1n) is 7.61. The van der Waals surface area contributed by atoms with E-state index in [1.807, 2.05) is 6.92 Å². The molecule has 0 aromatic carbocycles. The Labute approximate surface area is 136 Å². The van der Waals surface area contributed by atoms with Gasteiger partial charge in [-0.15, -0.1) is 0 Å². The number of hydrogen-bond acceptors (Lipinski definition) is 8. The molecule has 24 heavy (non-hydrogen) atoms. The van der Waals surface area contributed by atoms with Gasteiger partial charge in [-0.25, -0.2) is 0 Å². The van der Waals surface area contributed by atoms with Crippen LogP contribution in [0.3, 0.4) is 0 Å². The Kier molecular flexibility index (Phi) is 2.37. The molecule has 1 fully saturated rings. The molecule has 3 heterocycles. The number of fused-ring (bicyclic) bond motifs is 1. The Hall–Kier alpha value is -3.08. The summed E-state index contributed by atoms with van der Waals surface area (Å²) < 4.78 is 22.0. The van der Waals surface area contributed by atoms with Crippen molar-refractivity contribution >= 4 is 11.5 Å². The monoisotopic (exact) mass is 327 g/mol. The van der Waals surface area contributed by atoms with E-state index >= 15 is 0 Å². The number of rotatable bonds is 1. The van der Waals surface area contributed by atoms with Gasteiger partial charge in [0.05, 0.1) is 5.41 Å². The third-order valence-corrected chi connectivity index (χ3v) is 4.53. The van der Waals surface area contributed by atoms with E-state index in [-0.39, 0.29) is 17.5 Å². The van der Waals surface area contributed by atoms with Crippen LogP contribution >= 0.6 is 0 Å². The fourth-order valence-corrected chi connectivity index (χ4v) is 3.04. The standard InChI is InChI=1S/C16H13N3O5/c1-7-10(17-2)8(24-19-7)3-4-9-18-14-15(21-9)22-11-12(20)16(5-6-16)13(11)23-14/h9,17-18H,5-6H2,1-2H3. The summed E-state index contributed by atoms with van der Waals surface area (Å²) in [5, 5.41) is 9.83. The zero-order chi connectivity index (χ0) is 16.5. The second-order valence-corrected chi connectivity index (χ2v) is 6.02. The van der Waals surface area contributed by atoms with E-state index in [9.17, 15) is 4.79 Å². The summed E-state index contributed by atoms with van der Waals surface area (Å²) in [4.78, 5) is 12.0. The number of carbonyl (C=O) groups is 1. The zero-order valence-corrected chi connectivity index (χ0v) is 13.0. The predicted octanol–water partition coefficient (Wildman–Crippen LogP) is 1.07. The van der Waals surface area contributed by atoms with Crippen LogP contribution in [-0.2, 0) is 19.0 Å². The molecule has 5 rings (SSSR count). The van der Waals surface area contributed by atoms with Crippen molar-refractivity contribution in [3.8, 4) is 11.8 Å². The first-order valence-corrected chi connectivity index (χ1v) is 7.61. The molecule has 4 aliphatic rings. The molecule has 1 spiro atoms. The van der Waals surface area contributed by atoms with Gasteiger partial charge in [0, 0.05) is 7.05 Å². The normalized spacial score (nSPS) is 24.6. The van der Waals surface area contributed by atoms with E-state index in [4.69, 9.17) is 18.7 Å². The van der Waals surface area contributed by atoms with Crippen molar-refractivity contribution in [1.29, 1.82) is 0 Å². The summed E-state index contributed by atoms with van der Waals surface area (Å²) in [6, 6.07) is 0. The molecule has 0 amide bonds. The van der Waals surface area contributed by atoms with Crippen LogP contribution < -0.4 is 10.6 Å². The van der Waals surface area contributed by atoms with Crippen LogP contribution in [0.15, 0.2) is 27.9 Å². The van der Waals surface area contributed by atoms with Gasteiger partial charge in [0.1, 0.15) is 11.4 Å². The third kappa shape index (κ3) is 1.58. The van der Waals surface area contributed by atoms with Gasteiger partial charge in [0.25, 0.3) is 5.88 Å². The molecular formula is C16H13N3O5. The lowest BCUT2D eigenvalue weighted by Crippen LogP contribution is -2.38. The minimum Gasteiger partial charge on any atom is -0.434 e. The quantitative estimate of drug-likeness (QED) is 0.740. The molecule has 0 radical (unpaired) electrons. The average Bonchev–Trinajstić information content (AvgIpc) is 3.22. The first-order chi connectivity index (χ1) is 11.6. The van der Waals surface area contributed by atoms with Gasteiger partial charge in [0.15, 0.2) is 5.76 Å². The van der Waals surface area contributed by atoms with Crippen LogP contribution in [0.4, 0.5) is 5.69 Å². The molecule has 1 aromatic heterocycles. The number of Topliss-reactive ketones (excluding diaryl/α,β-unsaturated/α-hetero) is 1. The molecular weight excluding hydrogens is 314 g/mol. The minimum absolute atomic E-state index is 0.00187. The molecule has 2 aliphatic carbocycles. The number of nitrogens with zero attached hydrogens (tertiary/aromatic N) is 1. The highest BCUT2D eigenvalue weighted by atomic mass is 16.7. The summed E-state index contributed by atoms with van der Waals surface area (Å²) in [5.74, 6) is 7.52. The van der Waals surface area contributed by atoms with Gasteiger partial charge >= 0.3 is 5.95 Å². The molecule has 1 saturated carbocycles. The summed E-state index contributed by atoms with van der Waals surface area (Å²) in [5.41, 5.74) is 1.03. The van der Waals surface area contributed by atoms with Crippen molar-refractivity contribution < 1.29 is 23.5 Å². The van der Waals surface area contributed by atoms with E-state index in [2.05, 4.69) is 27.6 Å². The maximum atomic E-state index is 12.0. The molecule has 2 N–H and O–H groups in total. The maximum absolute atomic E-state index is 12.0. The lowest BCUT2D eigenvalue weighted by molar-refractivity contribution is -0.131. The van der Waals surface area contributed by atoms with Gasteiger partial charge in [-0.3, -0.25) is 4.79 Å². The van der Waals surface area contributed by atoms with Gasteiger partial charge < -0.3 is 29.4 Å². The van der Waals surface area contributed by atoms with Crippen molar-refractivity contribution in [3.05, 3.63) is 34.8 Å². The van der Waals surface area contributed by atoms with Gasteiger partial charge in [-0.05, 0) is 31.6 Å². The van der Waals surface area contributed by atoms with Crippen LogP contribution in [0.1, 0.15) is 24.3 Å². The van der Waals surface area contributed by atoms with Crippen molar-refractivity contribution in [3.63, 3.8) is 0 Å². The zero-order valence-electron chi connectivity index (χ0n) is 13.0. The number of aromatic nitrogens is 1. The Bertz CT molecular complexity index is 910. The number of hydrogen-bond donors (Lipinski definition) is 2. The fraction of sp³-hybridized carbons (Fsp3) is 0.375. The molecule has 1 unspecified atom stereocenters. The number of nitrogens with one attached hydrogen (secondary N) is 2. The van der Waals surface area contributed by atoms with Gasteiger partial charge in [-0.2, -0.15) is 0 Å². The van der Waals surface area contributed by atoms with Gasteiger partial charge in [0.2, 0.25) is 23.5 Å². The fourth-order valence-electron chi connectivity index (χ4n) is 3.04. The number of aryl methyl sites for hydroxylation is 1. The Morgan fingerprint density at radius 1 is 1.38 bits per heavy atom. The van der Waals surface area contributed by atoms with Crippen LogP contribution in [-0.4, -0.2) is 24.2 Å². The summed E-state index contributed by atoms with van der Waals surface area (Å²) in [7, 11) is 1.77. The number of ketones is 1. The summed E-state index contributed by atoms with van der Waals surface area (Å²) >= 11 is 0. The molecule has 0 bridgehead atoms. The van der Waals surface area contributed by atoms with E-state index < -0.39 is 11.6 Å². The predicted molar refractivity (Wildman–Crippen MR) is 78.6 cm³/mol. The van der Waals surface area contributed by atoms with E-state index in [1.54, 1.807) is 7.05 Å². The second kappa shape index (κ2) is 4.26. The molecule has 0 saturated heterocycles. The number of carbonyl (C=O) groups excluding carboxylic acids is 1. The molecule has 122 valence electrons.